The molecule has 2 aliphatic heterocycles. The fourth-order valence-electron chi connectivity index (χ4n) is 7.12. The Morgan fingerprint density at radius 2 is 2.06 bits per heavy atom. The van der Waals surface area contributed by atoms with Crippen LogP contribution in [0.5, 0.6) is 0 Å². The van der Waals surface area contributed by atoms with Gasteiger partial charge in [-0.05, 0) is 44.1 Å². The summed E-state index contributed by atoms with van der Waals surface area (Å²) in [6.45, 7) is 16.2. The highest BCUT2D eigenvalue weighted by atomic mass is 16.5. The average molecular weight is 445 g/mol. The van der Waals surface area contributed by atoms with Gasteiger partial charge >= 0.3 is 0 Å². The largest absolute Gasteiger partial charge is 0.489 e. The molecule has 12 atom stereocenters. The van der Waals surface area contributed by atoms with Gasteiger partial charge in [0.2, 0.25) is 0 Å². The van der Waals surface area contributed by atoms with E-state index in [1.165, 1.54) is 0 Å². The van der Waals surface area contributed by atoms with E-state index in [4.69, 9.17) is 14.2 Å². The van der Waals surface area contributed by atoms with Crippen LogP contribution in [0.15, 0.2) is 48.8 Å². The van der Waals surface area contributed by atoms with Crippen molar-refractivity contribution in [2.75, 3.05) is 7.11 Å². The summed E-state index contributed by atoms with van der Waals surface area (Å²) in [5.74, 6) is 1.01. The molecule has 4 aliphatic rings. The van der Waals surface area contributed by atoms with E-state index in [1.807, 2.05) is 6.08 Å². The van der Waals surface area contributed by atoms with E-state index in [-0.39, 0.29) is 47.7 Å². The van der Waals surface area contributed by atoms with Gasteiger partial charge in [-0.2, -0.15) is 0 Å². The van der Waals surface area contributed by atoms with Crippen LogP contribution in [0.25, 0.3) is 0 Å². The monoisotopic (exact) mass is 444 g/mol. The number of allylic oxidation sites excluding steroid dienone is 1. The molecule has 0 amide bonds. The molecule has 1 unspecified atom stereocenters. The van der Waals surface area contributed by atoms with Crippen molar-refractivity contribution in [3.63, 3.8) is 0 Å². The molecule has 4 bridgehead atoms. The summed E-state index contributed by atoms with van der Waals surface area (Å²) >= 11 is 0. The summed E-state index contributed by atoms with van der Waals surface area (Å²) in [5, 5.41) is 22.0. The van der Waals surface area contributed by atoms with E-state index >= 15 is 0 Å². The van der Waals surface area contributed by atoms with E-state index in [2.05, 4.69) is 52.2 Å². The Morgan fingerprint density at radius 1 is 1.34 bits per heavy atom. The van der Waals surface area contributed by atoms with Gasteiger partial charge in [-0.25, -0.2) is 0 Å². The van der Waals surface area contributed by atoms with Crippen LogP contribution in [-0.2, 0) is 14.2 Å². The zero-order valence-electron chi connectivity index (χ0n) is 20.1. The van der Waals surface area contributed by atoms with Gasteiger partial charge in [-0.3, -0.25) is 0 Å². The van der Waals surface area contributed by atoms with Crippen LogP contribution in [0.1, 0.15) is 40.5 Å². The lowest BCUT2D eigenvalue weighted by Crippen LogP contribution is -2.55. The lowest BCUT2D eigenvalue weighted by molar-refractivity contribution is -0.0912. The molecular weight excluding hydrogens is 404 g/mol. The molecule has 5 nitrogen and oxygen atoms in total. The van der Waals surface area contributed by atoms with E-state index in [9.17, 15) is 10.2 Å². The molecule has 0 aromatic rings. The van der Waals surface area contributed by atoms with Gasteiger partial charge in [-0.15, -0.1) is 6.58 Å². The molecule has 0 aromatic heterocycles. The molecular formula is C27H40O5. The zero-order valence-corrected chi connectivity index (χ0v) is 20.1. The molecule has 1 spiro atoms. The number of hydrogen-bond donors (Lipinski definition) is 2. The Balaban J connectivity index is 1.86. The van der Waals surface area contributed by atoms with Crippen LogP contribution < -0.4 is 0 Å². The van der Waals surface area contributed by atoms with Crippen molar-refractivity contribution < 1.29 is 24.4 Å². The van der Waals surface area contributed by atoms with E-state index in [0.29, 0.717) is 12.2 Å². The third-order valence-corrected chi connectivity index (χ3v) is 8.70. The van der Waals surface area contributed by atoms with Gasteiger partial charge in [0.15, 0.2) is 0 Å². The molecule has 5 heteroatoms. The standard InChI is InChI=1S/C27H40O5/c1-8-9-20-16(4)24(29)23-21-11-10-19-13-22(30-7)18(6)31-25(17(5)28)14(2)12-15(3)27(19,23)32-26(20)21/h8,10-12,14,16-17,19-26,28-29H,1,6,9,13H2,2-5,7H3/b15-12+/t14-,16?,17-,19-,20-,21-,22+,23+,24-,25+,26+,27+/m1/s1. The van der Waals surface area contributed by atoms with Crippen molar-refractivity contribution in [1.82, 2.24) is 0 Å². The van der Waals surface area contributed by atoms with E-state index < -0.39 is 23.9 Å². The molecule has 2 aliphatic carbocycles. The van der Waals surface area contributed by atoms with Crippen molar-refractivity contribution in [3.8, 4) is 0 Å². The van der Waals surface area contributed by atoms with Crippen LogP contribution in [0, 0.1) is 35.5 Å². The zero-order chi connectivity index (χ0) is 23.4. The normalized spacial score (nSPS) is 50.6. The highest BCUT2D eigenvalue weighted by Crippen LogP contribution is 2.62. The van der Waals surface area contributed by atoms with Crippen LogP contribution in [0.3, 0.4) is 0 Å². The maximum absolute atomic E-state index is 11.6. The number of hydrogen-bond acceptors (Lipinski definition) is 5. The van der Waals surface area contributed by atoms with Crippen molar-refractivity contribution in [2.24, 2.45) is 35.5 Å². The Morgan fingerprint density at radius 3 is 2.69 bits per heavy atom. The number of ether oxygens (including phenoxy) is 3. The Labute approximate surface area is 192 Å². The predicted molar refractivity (Wildman–Crippen MR) is 125 cm³/mol. The second kappa shape index (κ2) is 8.75. The molecule has 1 saturated heterocycles. The van der Waals surface area contributed by atoms with Crippen molar-refractivity contribution >= 4 is 0 Å². The number of rotatable bonds is 4. The SMILES string of the molecule is C=CC[C@@H]1C(C)[C@@H](O)[C@@H]2[C@H]3C=C[C@@H]4C[C@H](OC)C(=C)O[C@H]([C@@H](C)O)[C@H](C)/C=C(\C)[C@@]24O[C@H]31. The van der Waals surface area contributed by atoms with Crippen molar-refractivity contribution in [1.29, 1.82) is 0 Å². The van der Waals surface area contributed by atoms with Crippen LogP contribution in [-0.4, -0.2) is 53.4 Å². The maximum atomic E-state index is 11.6. The second-order valence-corrected chi connectivity index (χ2v) is 10.5. The molecule has 178 valence electrons. The first-order valence-corrected chi connectivity index (χ1v) is 12.1. The average Bonchev–Trinajstić information content (AvgIpc) is 2.94. The highest BCUT2D eigenvalue weighted by Gasteiger charge is 2.67. The van der Waals surface area contributed by atoms with E-state index in [0.717, 1.165) is 12.0 Å². The van der Waals surface area contributed by atoms with Gasteiger partial charge in [0.05, 0.1) is 18.3 Å². The van der Waals surface area contributed by atoms with Crippen molar-refractivity contribution in [2.45, 2.75) is 76.7 Å². The number of aliphatic hydroxyl groups excluding tert-OH is 2. The Bertz CT molecular complexity index is 800. The Hall–Kier alpha value is -1.40. The lowest BCUT2D eigenvalue weighted by Gasteiger charge is -2.49. The number of aliphatic hydroxyl groups is 2. The van der Waals surface area contributed by atoms with Crippen LogP contribution >= 0.6 is 0 Å². The first-order valence-electron chi connectivity index (χ1n) is 12.1. The number of methoxy groups -OCH3 is 1. The van der Waals surface area contributed by atoms with Gasteiger partial charge in [0.1, 0.15) is 23.6 Å². The summed E-state index contributed by atoms with van der Waals surface area (Å²) in [7, 11) is 1.67. The first-order chi connectivity index (χ1) is 15.2. The minimum absolute atomic E-state index is 0.0156. The predicted octanol–water partition coefficient (Wildman–Crippen LogP) is 4.03. The Kier molecular flexibility index (Phi) is 6.49. The highest BCUT2D eigenvalue weighted by molar-refractivity contribution is 5.35. The lowest BCUT2D eigenvalue weighted by atomic mass is 9.55. The minimum atomic E-state index is -0.665. The summed E-state index contributed by atoms with van der Waals surface area (Å²) in [5.41, 5.74) is 0.499. The molecule has 2 fully saturated rings. The molecule has 4 rings (SSSR count). The summed E-state index contributed by atoms with van der Waals surface area (Å²) in [6.07, 6.45) is 8.29. The molecule has 2 heterocycles. The van der Waals surface area contributed by atoms with Crippen LogP contribution in [0.4, 0.5) is 0 Å². The van der Waals surface area contributed by atoms with Gasteiger partial charge in [0, 0.05) is 30.8 Å². The molecule has 2 N–H and O–H groups in total. The molecule has 32 heavy (non-hydrogen) atoms. The first kappa shape index (κ1) is 23.7. The quantitative estimate of drug-likeness (QED) is 0.641. The topological polar surface area (TPSA) is 68.2 Å². The third kappa shape index (κ3) is 3.44. The van der Waals surface area contributed by atoms with Gasteiger partial charge < -0.3 is 24.4 Å². The van der Waals surface area contributed by atoms with Crippen LogP contribution in [0.2, 0.25) is 0 Å². The third-order valence-electron chi connectivity index (χ3n) is 8.70. The molecule has 0 aromatic carbocycles. The molecule has 1 saturated carbocycles. The fourth-order valence-corrected chi connectivity index (χ4v) is 7.12. The maximum Gasteiger partial charge on any atom is 0.130 e. The fraction of sp³-hybridized carbons (Fsp3) is 0.704. The van der Waals surface area contributed by atoms with Gasteiger partial charge in [-0.1, -0.05) is 44.7 Å². The smallest absolute Gasteiger partial charge is 0.130 e. The summed E-state index contributed by atoms with van der Waals surface area (Å²) in [6, 6.07) is 0. The molecule has 0 radical (unpaired) electrons. The van der Waals surface area contributed by atoms with Crippen molar-refractivity contribution in [3.05, 3.63) is 48.8 Å². The minimum Gasteiger partial charge on any atom is -0.489 e. The second-order valence-electron chi connectivity index (χ2n) is 10.5. The summed E-state index contributed by atoms with van der Waals surface area (Å²) in [4.78, 5) is 0. The summed E-state index contributed by atoms with van der Waals surface area (Å²) < 4.78 is 19.1. The van der Waals surface area contributed by atoms with Gasteiger partial charge in [0.25, 0.3) is 0 Å². The van der Waals surface area contributed by atoms with E-state index in [1.54, 1.807) is 14.0 Å².